The van der Waals surface area contributed by atoms with E-state index in [1.54, 1.807) is 0 Å². The first-order valence-corrected chi connectivity index (χ1v) is 15.0. The topological polar surface area (TPSA) is 79.9 Å². The lowest BCUT2D eigenvalue weighted by molar-refractivity contribution is -0.122. The van der Waals surface area contributed by atoms with Crippen molar-refractivity contribution in [1.82, 2.24) is 10.2 Å². The molecule has 0 bridgehead atoms. The van der Waals surface area contributed by atoms with Gasteiger partial charge in [0, 0.05) is 48.4 Å². The maximum atomic E-state index is 14.8. The van der Waals surface area contributed by atoms with Gasteiger partial charge in [0.15, 0.2) is 5.78 Å². The predicted molar refractivity (Wildman–Crippen MR) is 165 cm³/mol. The molecule has 4 aromatic carbocycles. The Morgan fingerprint density at radius 2 is 1.49 bits per heavy atom. The van der Waals surface area contributed by atoms with Crippen molar-refractivity contribution in [1.29, 1.82) is 0 Å². The van der Waals surface area contributed by atoms with Crippen LogP contribution in [0.15, 0.2) is 109 Å². The number of hydrogen-bond donors (Lipinski definition) is 2. The van der Waals surface area contributed by atoms with Gasteiger partial charge in [-0.05, 0) is 41.5 Å². The molecule has 2 unspecified atom stereocenters. The van der Waals surface area contributed by atoms with Gasteiger partial charge in [-0.3, -0.25) is 19.8 Å². The molecule has 0 aliphatic carbocycles. The van der Waals surface area contributed by atoms with E-state index >= 15 is 0 Å². The molecule has 3 aliphatic rings. The number of rotatable bonds is 8. The molecule has 7 nitrogen and oxygen atoms in total. The fourth-order valence-corrected chi connectivity index (χ4v) is 7.00. The second-order valence-electron chi connectivity index (χ2n) is 11.4. The zero-order valence-electron chi connectivity index (χ0n) is 23.9. The van der Waals surface area contributed by atoms with E-state index in [0.717, 1.165) is 61.0 Å². The standard InChI is InChI=1S/C36H35N3O4/c40-34(27-15-17-28(18-16-27)43-24-21-39-19-22-42-23-20-39)32-31(25-9-3-1-4-10-25)33(26-11-5-2-6-12-26)38-36(32)29-13-7-8-14-30(29)37-35(36)41/h1-18,31-33,38H,19-24H2,(H,37,41)/t31-,32?,33+,36?/m0/s1. The summed E-state index contributed by atoms with van der Waals surface area (Å²) in [6.45, 7) is 4.73. The number of Topliss-reactive ketones (excluding diaryl/α,β-unsaturated/α-hetero) is 1. The van der Waals surface area contributed by atoms with Gasteiger partial charge < -0.3 is 14.8 Å². The lowest BCUT2D eigenvalue weighted by atomic mass is 9.69. The number of ether oxygens (including phenoxy) is 2. The van der Waals surface area contributed by atoms with Gasteiger partial charge in [-0.25, -0.2) is 0 Å². The molecule has 1 amide bonds. The molecule has 2 N–H and O–H groups in total. The molecule has 43 heavy (non-hydrogen) atoms. The van der Waals surface area contributed by atoms with E-state index in [4.69, 9.17) is 9.47 Å². The van der Waals surface area contributed by atoms with Crippen LogP contribution in [0.25, 0.3) is 0 Å². The summed E-state index contributed by atoms with van der Waals surface area (Å²) >= 11 is 0. The fraction of sp³-hybridized carbons (Fsp3) is 0.278. The van der Waals surface area contributed by atoms with Gasteiger partial charge in [0.05, 0.1) is 19.1 Å². The van der Waals surface area contributed by atoms with Crippen LogP contribution >= 0.6 is 0 Å². The number of morpholine rings is 1. The van der Waals surface area contributed by atoms with Gasteiger partial charge >= 0.3 is 0 Å². The average molecular weight is 574 g/mol. The van der Waals surface area contributed by atoms with Crippen molar-refractivity contribution in [2.45, 2.75) is 17.5 Å². The number of para-hydroxylation sites is 1. The summed E-state index contributed by atoms with van der Waals surface area (Å²) in [5.74, 6) is -0.551. The molecule has 2 fully saturated rings. The average Bonchev–Trinajstić information content (AvgIpc) is 3.57. The summed E-state index contributed by atoms with van der Waals surface area (Å²) < 4.78 is 11.4. The largest absolute Gasteiger partial charge is 0.492 e. The number of amides is 1. The number of nitrogens with zero attached hydrogens (tertiary/aromatic N) is 1. The Balaban J connectivity index is 1.26. The van der Waals surface area contributed by atoms with Gasteiger partial charge in [-0.1, -0.05) is 78.9 Å². The van der Waals surface area contributed by atoms with Crippen LogP contribution in [0.1, 0.15) is 39.0 Å². The summed E-state index contributed by atoms with van der Waals surface area (Å²) in [5.41, 5.74) is 2.91. The maximum Gasteiger partial charge on any atom is 0.250 e. The first-order valence-electron chi connectivity index (χ1n) is 15.0. The molecule has 4 aromatic rings. The van der Waals surface area contributed by atoms with Gasteiger partial charge in [-0.15, -0.1) is 0 Å². The molecule has 7 rings (SSSR count). The smallest absolute Gasteiger partial charge is 0.250 e. The van der Waals surface area contributed by atoms with Crippen LogP contribution < -0.4 is 15.4 Å². The number of carbonyl (C=O) groups excluding carboxylic acids is 2. The van der Waals surface area contributed by atoms with E-state index in [1.807, 2.05) is 84.9 Å². The number of nitrogens with one attached hydrogen (secondary N) is 2. The highest BCUT2D eigenvalue weighted by atomic mass is 16.5. The Bertz CT molecular complexity index is 1590. The normalized spacial score (nSPS) is 24.9. The maximum absolute atomic E-state index is 14.8. The fourth-order valence-electron chi connectivity index (χ4n) is 7.00. The first-order chi connectivity index (χ1) is 21.1. The molecule has 0 aromatic heterocycles. The Morgan fingerprint density at radius 1 is 0.837 bits per heavy atom. The highest BCUT2D eigenvalue weighted by Gasteiger charge is 2.64. The van der Waals surface area contributed by atoms with Crippen molar-refractivity contribution in [3.05, 3.63) is 131 Å². The van der Waals surface area contributed by atoms with Crippen molar-refractivity contribution in [2.75, 3.05) is 44.8 Å². The minimum absolute atomic E-state index is 0.0773. The van der Waals surface area contributed by atoms with Crippen LogP contribution in [-0.2, 0) is 15.1 Å². The summed E-state index contributed by atoms with van der Waals surface area (Å²) in [6.07, 6.45) is 0. The third-order valence-corrected chi connectivity index (χ3v) is 9.07. The van der Waals surface area contributed by atoms with Crippen LogP contribution in [-0.4, -0.2) is 56.0 Å². The van der Waals surface area contributed by atoms with E-state index in [0.29, 0.717) is 12.2 Å². The number of hydrogen-bond acceptors (Lipinski definition) is 6. The van der Waals surface area contributed by atoms with Gasteiger partial charge in [0.2, 0.25) is 5.91 Å². The van der Waals surface area contributed by atoms with Crippen molar-refractivity contribution >= 4 is 17.4 Å². The number of anilines is 1. The van der Waals surface area contributed by atoms with Crippen molar-refractivity contribution in [2.24, 2.45) is 5.92 Å². The lowest BCUT2D eigenvalue weighted by Gasteiger charge is -2.31. The number of carbonyl (C=O) groups is 2. The lowest BCUT2D eigenvalue weighted by Crippen LogP contribution is -2.50. The Morgan fingerprint density at radius 3 is 2.21 bits per heavy atom. The molecule has 0 saturated carbocycles. The van der Waals surface area contributed by atoms with E-state index in [1.165, 1.54) is 0 Å². The van der Waals surface area contributed by atoms with E-state index in [9.17, 15) is 9.59 Å². The van der Waals surface area contributed by atoms with Gasteiger partial charge in [0.1, 0.15) is 17.9 Å². The summed E-state index contributed by atoms with van der Waals surface area (Å²) in [7, 11) is 0. The zero-order valence-corrected chi connectivity index (χ0v) is 23.9. The van der Waals surface area contributed by atoms with Gasteiger partial charge in [0.25, 0.3) is 0 Å². The predicted octanol–water partition coefficient (Wildman–Crippen LogP) is 5.17. The first kappa shape index (κ1) is 27.5. The third kappa shape index (κ3) is 5.03. The van der Waals surface area contributed by atoms with Crippen LogP contribution in [0.3, 0.4) is 0 Å². The Hall–Kier alpha value is -4.30. The van der Waals surface area contributed by atoms with Crippen molar-refractivity contribution < 1.29 is 19.1 Å². The molecule has 4 atom stereocenters. The van der Waals surface area contributed by atoms with E-state index in [2.05, 4.69) is 39.8 Å². The minimum Gasteiger partial charge on any atom is -0.492 e. The second kappa shape index (κ2) is 11.8. The van der Waals surface area contributed by atoms with Crippen LogP contribution in [0.2, 0.25) is 0 Å². The monoisotopic (exact) mass is 573 g/mol. The molecule has 1 spiro atoms. The van der Waals surface area contributed by atoms with Crippen LogP contribution in [0, 0.1) is 5.92 Å². The van der Waals surface area contributed by atoms with Gasteiger partial charge in [-0.2, -0.15) is 0 Å². The number of ketones is 1. The zero-order chi connectivity index (χ0) is 29.2. The van der Waals surface area contributed by atoms with Crippen LogP contribution in [0.5, 0.6) is 5.75 Å². The summed E-state index contributed by atoms with van der Waals surface area (Å²) in [4.78, 5) is 31.2. The third-order valence-electron chi connectivity index (χ3n) is 9.07. The molecule has 2 saturated heterocycles. The molecule has 218 valence electrons. The highest BCUT2D eigenvalue weighted by Crippen LogP contribution is 2.57. The van der Waals surface area contributed by atoms with E-state index < -0.39 is 11.5 Å². The summed E-state index contributed by atoms with van der Waals surface area (Å²) in [6, 6.07) is 35.0. The molecular formula is C36H35N3O4. The van der Waals surface area contributed by atoms with Crippen molar-refractivity contribution in [3.8, 4) is 5.75 Å². The molecule has 3 aliphatic heterocycles. The van der Waals surface area contributed by atoms with E-state index in [-0.39, 0.29) is 23.7 Å². The molecule has 3 heterocycles. The number of benzene rings is 4. The Labute approximate surface area is 251 Å². The minimum atomic E-state index is -1.23. The molecule has 0 radical (unpaired) electrons. The van der Waals surface area contributed by atoms with Crippen LogP contribution in [0.4, 0.5) is 5.69 Å². The number of fused-ring (bicyclic) bond motifs is 2. The summed E-state index contributed by atoms with van der Waals surface area (Å²) in [5, 5.41) is 6.82. The SMILES string of the molecule is O=C(c1ccc(OCCN2CCOCC2)cc1)C1[C@H](c2ccccc2)[C@@H](c2ccccc2)NC12C(=O)Nc1ccccc12. The quantitative estimate of drug-likeness (QED) is 0.283. The molecule has 7 heteroatoms. The van der Waals surface area contributed by atoms with Crippen molar-refractivity contribution in [3.63, 3.8) is 0 Å². The molecular weight excluding hydrogens is 538 g/mol. The second-order valence-corrected chi connectivity index (χ2v) is 11.4. The highest BCUT2D eigenvalue weighted by molar-refractivity contribution is 6.12. The Kier molecular flexibility index (Phi) is 7.53.